The first kappa shape index (κ1) is 8.20. The van der Waals surface area contributed by atoms with Crippen LogP contribution in [0.4, 0.5) is 4.53 Å². The standard InChI is InChI=1S/C5H12FN2O/c1-7(2)5(9-6)8(3)4/h1-4H3/q+1. The molecule has 0 fully saturated rings. The van der Waals surface area contributed by atoms with Gasteiger partial charge < -0.3 is 0 Å². The second-order valence-electron chi connectivity index (χ2n) is 2.15. The summed E-state index contributed by atoms with van der Waals surface area (Å²) < 4.78 is 13.1. The summed E-state index contributed by atoms with van der Waals surface area (Å²) in [6.07, 6.45) is 0. The maximum Gasteiger partial charge on any atom is 0.482 e. The Bertz CT molecular complexity index is 118. The van der Waals surface area contributed by atoms with Gasteiger partial charge in [0.25, 0.3) is 0 Å². The van der Waals surface area contributed by atoms with E-state index < -0.39 is 0 Å². The summed E-state index contributed by atoms with van der Waals surface area (Å²) in [6, 6.07) is 0.190. The van der Waals surface area contributed by atoms with Crippen molar-refractivity contribution in [3.8, 4) is 0 Å². The zero-order valence-electron chi connectivity index (χ0n) is 6.18. The van der Waals surface area contributed by atoms with Crippen molar-refractivity contribution in [2.75, 3.05) is 28.2 Å². The summed E-state index contributed by atoms with van der Waals surface area (Å²) >= 11 is 0. The summed E-state index contributed by atoms with van der Waals surface area (Å²) in [5, 5.41) is 0. The molecule has 0 saturated carbocycles. The van der Waals surface area contributed by atoms with Gasteiger partial charge in [0.05, 0.1) is 28.2 Å². The lowest BCUT2D eigenvalue weighted by atomic mass is 10.8. The molecule has 54 valence electrons. The van der Waals surface area contributed by atoms with Crippen LogP contribution in [0.5, 0.6) is 0 Å². The lowest BCUT2D eigenvalue weighted by Gasteiger charge is -2.03. The molecule has 0 aromatic carbocycles. The van der Waals surface area contributed by atoms with Gasteiger partial charge in [-0.25, -0.2) is 14.4 Å². The molecule has 0 spiro atoms. The van der Waals surface area contributed by atoms with Crippen LogP contribution in [0, 0.1) is 0 Å². The molecule has 0 heterocycles. The van der Waals surface area contributed by atoms with Gasteiger partial charge in [0.15, 0.2) is 0 Å². The Morgan fingerprint density at radius 3 is 1.89 bits per heavy atom. The lowest BCUT2D eigenvalue weighted by molar-refractivity contribution is -0.486. The van der Waals surface area contributed by atoms with Crippen LogP contribution in [-0.2, 0) is 4.94 Å². The van der Waals surface area contributed by atoms with Crippen LogP contribution in [-0.4, -0.2) is 43.7 Å². The molecule has 0 amide bonds. The van der Waals surface area contributed by atoms with Gasteiger partial charge in [-0.2, -0.15) is 0 Å². The molecule has 0 bridgehead atoms. The highest BCUT2D eigenvalue weighted by Crippen LogP contribution is 1.84. The summed E-state index contributed by atoms with van der Waals surface area (Å²) in [7, 11) is 6.81. The van der Waals surface area contributed by atoms with Crippen molar-refractivity contribution in [2.45, 2.75) is 0 Å². The molecule has 0 rings (SSSR count). The molecular weight excluding hydrogens is 123 g/mol. The van der Waals surface area contributed by atoms with Crippen LogP contribution in [0.3, 0.4) is 0 Å². The molecular formula is C5H12FN2O+. The zero-order chi connectivity index (χ0) is 7.44. The van der Waals surface area contributed by atoms with E-state index in [1.54, 1.807) is 37.7 Å². The van der Waals surface area contributed by atoms with Crippen LogP contribution in [0.15, 0.2) is 0 Å². The lowest BCUT2D eigenvalue weighted by Crippen LogP contribution is -2.29. The first-order chi connectivity index (χ1) is 4.09. The fourth-order valence-corrected chi connectivity index (χ4v) is 0.538. The SMILES string of the molecule is CN(C)C(OF)=[N+](C)C. The van der Waals surface area contributed by atoms with Crippen molar-refractivity contribution in [3.05, 3.63) is 0 Å². The van der Waals surface area contributed by atoms with Gasteiger partial charge in [-0.15, -0.1) is 0 Å². The van der Waals surface area contributed by atoms with Crippen LogP contribution < -0.4 is 0 Å². The van der Waals surface area contributed by atoms with Gasteiger partial charge in [-0.1, -0.05) is 0 Å². The Balaban J connectivity index is 4.16. The highest BCUT2D eigenvalue weighted by atomic mass is 19.3. The maximum absolute atomic E-state index is 11.5. The number of hydrogen-bond acceptors (Lipinski definition) is 1. The van der Waals surface area contributed by atoms with Crippen molar-refractivity contribution < 1.29 is 14.0 Å². The van der Waals surface area contributed by atoms with Crippen LogP contribution >= 0.6 is 0 Å². The fourth-order valence-electron chi connectivity index (χ4n) is 0.538. The van der Waals surface area contributed by atoms with Crippen LogP contribution in [0.25, 0.3) is 0 Å². The van der Waals surface area contributed by atoms with E-state index in [0.717, 1.165) is 0 Å². The Kier molecular flexibility index (Phi) is 2.98. The van der Waals surface area contributed by atoms with Gasteiger partial charge in [-0.05, 0) is 0 Å². The molecule has 0 unspecified atom stereocenters. The monoisotopic (exact) mass is 135 g/mol. The van der Waals surface area contributed by atoms with Crippen molar-refractivity contribution in [1.29, 1.82) is 0 Å². The van der Waals surface area contributed by atoms with E-state index in [1.807, 2.05) is 0 Å². The van der Waals surface area contributed by atoms with Crippen LogP contribution in [0.2, 0.25) is 0 Å². The van der Waals surface area contributed by atoms with E-state index >= 15 is 0 Å². The molecule has 3 nitrogen and oxygen atoms in total. The highest BCUT2D eigenvalue weighted by Gasteiger charge is 2.12. The van der Waals surface area contributed by atoms with E-state index in [-0.39, 0.29) is 6.02 Å². The average molecular weight is 135 g/mol. The fraction of sp³-hybridized carbons (Fsp3) is 0.800. The summed E-state index contributed by atoms with van der Waals surface area (Å²) in [4.78, 5) is 5.08. The third-order valence-corrected chi connectivity index (χ3v) is 0.834. The summed E-state index contributed by atoms with van der Waals surface area (Å²) in [5.41, 5.74) is 0. The van der Waals surface area contributed by atoms with Gasteiger partial charge >= 0.3 is 6.02 Å². The Morgan fingerprint density at radius 1 is 1.44 bits per heavy atom. The maximum atomic E-state index is 11.5. The first-order valence-corrected chi connectivity index (χ1v) is 2.59. The van der Waals surface area contributed by atoms with Gasteiger partial charge in [-0.3, -0.25) is 0 Å². The van der Waals surface area contributed by atoms with Crippen LogP contribution in [0.1, 0.15) is 0 Å². The quantitative estimate of drug-likeness (QED) is 0.265. The summed E-state index contributed by atoms with van der Waals surface area (Å²) in [5.74, 6) is 0. The molecule has 0 aromatic heterocycles. The van der Waals surface area contributed by atoms with Gasteiger partial charge in [0, 0.05) is 4.53 Å². The molecule has 0 radical (unpaired) electrons. The predicted molar refractivity (Wildman–Crippen MR) is 33.0 cm³/mol. The smallest absolute Gasteiger partial charge is 0.232 e. The van der Waals surface area contributed by atoms with Crippen molar-refractivity contribution in [1.82, 2.24) is 4.90 Å². The minimum atomic E-state index is 0.190. The molecule has 0 N–H and O–H groups in total. The molecule has 9 heavy (non-hydrogen) atoms. The zero-order valence-corrected chi connectivity index (χ0v) is 6.18. The average Bonchev–Trinajstić information content (AvgIpc) is 1.64. The first-order valence-electron chi connectivity index (χ1n) is 2.59. The van der Waals surface area contributed by atoms with Crippen molar-refractivity contribution in [2.24, 2.45) is 0 Å². The van der Waals surface area contributed by atoms with Gasteiger partial charge in [0.1, 0.15) is 0 Å². The molecule has 0 saturated heterocycles. The largest absolute Gasteiger partial charge is 0.482 e. The molecule has 0 aliphatic rings. The number of halogens is 1. The molecule has 0 aromatic rings. The number of rotatable bonds is 0. The molecule has 0 aliphatic carbocycles. The normalized spacial score (nSPS) is 8.56. The third-order valence-electron chi connectivity index (χ3n) is 0.834. The number of hydrogen-bond donors (Lipinski definition) is 0. The Hall–Kier alpha value is -0.800. The number of amidine groups is 1. The van der Waals surface area contributed by atoms with E-state index in [4.69, 9.17) is 0 Å². The second-order valence-corrected chi connectivity index (χ2v) is 2.15. The number of nitrogens with zero attached hydrogens (tertiary/aromatic N) is 2. The topological polar surface area (TPSA) is 15.5 Å². The van der Waals surface area contributed by atoms with E-state index in [1.165, 1.54) is 0 Å². The minimum Gasteiger partial charge on any atom is -0.232 e. The Morgan fingerprint density at radius 2 is 1.89 bits per heavy atom. The Labute approximate surface area is 54.2 Å². The van der Waals surface area contributed by atoms with Crippen molar-refractivity contribution >= 4 is 6.02 Å². The predicted octanol–water partition coefficient (Wildman–Crippen LogP) is 0.0772. The van der Waals surface area contributed by atoms with Gasteiger partial charge in [0.2, 0.25) is 0 Å². The molecule has 0 atom stereocenters. The molecule has 4 heteroatoms. The molecule has 0 aliphatic heterocycles. The van der Waals surface area contributed by atoms with Crippen molar-refractivity contribution in [3.63, 3.8) is 0 Å². The third kappa shape index (κ3) is 2.30. The second kappa shape index (κ2) is 3.27. The van der Waals surface area contributed by atoms with E-state index in [0.29, 0.717) is 0 Å². The highest BCUT2D eigenvalue weighted by molar-refractivity contribution is 5.66. The minimum absolute atomic E-state index is 0.190. The van der Waals surface area contributed by atoms with E-state index in [9.17, 15) is 4.53 Å². The summed E-state index contributed by atoms with van der Waals surface area (Å²) in [6.45, 7) is 0. The van der Waals surface area contributed by atoms with E-state index in [2.05, 4.69) is 4.94 Å².